The van der Waals surface area contributed by atoms with E-state index in [0.717, 1.165) is 0 Å². The highest BCUT2D eigenvalue weighted by atomic mass is 16.4. The molecule has 5 atom stereocenters. The van der Waals surface area contributed by atoms with Gasteiger partial charge in [0.1, 0.15) is 18.1 Å². The highest BCUT2D eigenvalue weighted by Gasteiger charge is 2.31. The Morgan fingerprint density at radius 3 is 1.81 bits per heavy atom. The Balaban J connectivity index is 5.69. The molecule has 0 radical (unpaired) electrons. The number of hydrogen-bond donors (Lipinski definition) is 9. The van der Waals surface area contributed by atoms with Gasteiger partial charge in [-0.2, -0.15) is 0 Å². The van der Waals surface area contributed by atoms with E-state index in [1.165, 1.54) is 0 Å². The fourth-order valence-corrected chi connectivity index (χ4v) is 3.23. The Morgan fingerprint density at radius 1 is 0.838 bits per heavy atom. The Bertz CT molecular complexity index is 804. The summed E-state index contributed by atoms with van der Waals surface area (Å²) in [6.45, 7) is 4.19. The molecule has 0 fully saturated rings. The quantitative estimate of drug-likeness (QED) is 0.0480. The molecule has 3 amide bonds. The molecule has 0 saturated heterocycles. The third-order valence-corrected chi connectivity index (χ3v) is 5.71. The predicted molar refractivity (Wildman–Crippen MR) is 136 cm³/mol. The lowest BCUT2D eigenvalue weighted by Crippen LogP contribution is -2.57. The number of nitrogens with one attached hydrogen (secondary N) is 3. The van der Waals surface area contributed by atoms with Crippen LogP contribution in [0.15, 0.2) is 4.99 Å². The van der Waals surface area contributed by atoms with Crippen molar-refractivity contribution >= 4 is 35.6 Å². The molecule has 37 heavy (non-hydrogen) atoms. The second-order valence-corrected chi connectivity index (χ2v) is 8.76. The monoisotopic (exact) mass is 530 g/mol. The van der Waals surface area contributed by atoms with Gasteiger partial charge in [-0.15, -0.1) is 0 Å². The van der Waals surface area contributed by atoms with Crippen LogP contribution >= 0.6 is 0 Å². The molecular formula is C22H42N8O7. The highest BCUT2D eigenvalue weighted by Crippen LogP contribution is 2.09. The molecule has 15 nitrogen and oxygen atoms in total. The summed E-state index contributed by atoms with van der Waals surface area (Å²) in [7, 11) is 0. The van der Waals surface area contributed by atoms with E-state index in [-0.39, 0.29) is 31.3 Å². The minimum Gasteiger partial charge on any atom is -0.481 e. The molecule has 5 unspecified atom stereocenters. The minimum atomic E-state index is -1.69. The van der Waals surface area contributed by atoms with Gasteiger partial charge in [0, 0.05) is 6.54 Å². The van der Waals surface area contributed by atoms with Gasteiger partial charge >= 0.3 is 11.9 Å². The number of carboxylic acids is 2. The Kier molecular flexibility index (Phi) is 16.2. The summed E-state index contributed by atoms with van der Waals surface area (Å²) in [4.78, 5) is 64.8. The first-order valence-corrected chi connectivity index (χ1v) is 12.2. The van der Waals surface area contributed by atoms with Crippen LogP contribution in [-0.2, 0) is 24.0 Å². The van der Waals surface area contributed by atoms with E-state index in [2.05, 4.69) is 20.9 Å². The minimum absolute atomic E-state index is 0.106. The fraction of sp³-hybridized carbons (Fsp3) is 0.727. The Morgan fingerprint density at radius 2 is 1.35 bits per heavy atom. The van der Waals surface area contributed by atoms with Crippen molar-refractivity contribution in [1.29, 1.82) is 0 Å². The second-order valence-electron chi connectivity index (χ2n) is 8.76. The number of unbranched alkanes of at least 4 members (excludes halogenated alkanes) is 1. The lowest BCUT2D eigenvalue weighted by Gasteiger charge is -2.26. The average molecular weight is 531 g/mol. The molecule has 0 spiro atoms. The molecule has 0 aromatic carbocycles. The molecule has 0 aliphatic rings. The Hall–Kier alpha value is -3.46. The topological polar surface area (TPSA) is 278 Å². The molecule has 0 saturated carbocycles. The van der Waals surface area contributed by atoms with Gasteiger partial charge in [0.05, 0.1) is 12.5 Å². The molecule has 0 aliphatic heterocycles. The van der Waals surface area contributed by atoms with Crippen molar-refractivity contribution in [3.05, 3.63) is 0 Å². The molecular weight excluding hydrogens is 488 g/mol. The van der Waals surface area contributed by atoms with Crippen molar-refractivity contribution in [2.24, 2.45) is 33.8 Å². The lowest BCUT2D eigenvalue weighted by atomic mass is 9.98. The maximum absolute atomic E-state index is 13.1. The van der Waals surface area contributed by atoms with E-state index in [4.69, 9.17) is 28.0 Å². The summed E-state index contributed by atoms with van der Waals surface area (Å²) < 4.78 is 0. The van der Waals surface area contributed by atoms with Crippen molar-refractivity contribution in [1.82, 2.24) is 16.0 Å². The molecule has 0 rings (SSSR count). The number of carboxylic acid groups (broad SMARTS) is 2. The summed E-state index contributed by atoms with van der Waals surface area (Å²) in [6.07, 6.45) is 1.29. The van der Waals surface area contributed by atoms with E-state index in [0.29, 0.717) is 32.2 Å². The van der Waals surface area contributed by atoms with Gasteiger partial charge in [0.25, 0.3) is 0 Å². The first kappa shape index (κ1) is 33.5. The zero-order chi connectivity index (χ0) is 28.5. The number of aliphatic imine (C=N–C) groups is 1. The number of aliphatic carboxylic acids is 2. The number of guanidine groups is 1. The van der Waals surface area contributed by atoms with E-state index in [1.54, 1.807) is 6.92 Å². The van der Waals surface area contributed by atoms with Crippen molar-refractivity contribution in [2.75, 3.05) is 13.1 Å². The summed E-state index contributed by atoms with van der Waals surface area (Å²) >= 11 is 0. The van der Waals surface area contributed by atoms with Crippen LogP contribution in [0.25, 0.3) is 0 Å². The molecule has 0 bridgehead atoms. The van der Waals surface area contributed by atoms with Crippen molar-refractivity contribution in [3.63, 3.8) is 0 Å². The number of nitrogens with zero attached hydrogens (tertiary/aromatic N) is 1. The first-order chi connectivity index (χ1) is 17.3. The van der Waals surface area contributed by atoms with Crippen LogP contribution in [0.2, 0.25) is 0 Å². The van der Waals surface area contributed by atoms with E-state index < -0.39 is 60.2 Å². The van der Waals surface area contributed by atoms with Gasteiger partial charge in [-0.05, 0) is 44.6 Å². The number of carbonyl (C=O) groups is 5. The SMILES string of the molecule is CCC(C)C(N)C(=O)NC(CCCN=C(N)N)C(=O)NC(CCCCN)C(=O)NC(CC(=O)O)C(=O)O. The number of amides is 3. The maximum Gasteiger partial charge on any atom is 0.326 e. The lowest BCUT2D eigenvalue weighted by molar-refractivity contribution is -0.147. The van der Waals surface area contributed by atoms with Crippen LogP contribution < -0.4 is 38.9 Å². The van der Waals surface area contributed by atoms with Gasteiger partial charge in [-0.3, -0.25) is 24.2 Å². The van der Waals surface area contributed by atoms with Gasteiger partial charge < -0.3 is 49.1 Å². The molecule has 0 aromatic heterocycles. The number of hydrogen-bond acceptors (Lipinski definition) is 8. The fourth-order valence-electron chi connectivity index (χ4n) is 3.23. The van der Waals surface area contributed by atoms with Crippen LogP contribution in [0.1, 0.15) is 58.8 Å². The molecule has 212 valence electrons. The van der Waals surface area contributed by atoms with E-state index >= 15 is 0 Å². The second kappa shape index (κ2) is 17.9. The number of rotatable bonds is 19. The van der Waals surface area contributed by atoms with E-state index in [1.807, 2.05) is 6.92 Å². The average Bonchev–Trinajstić information content (AvgIpc) is 2.82. The number of nitrogens with two attached hydrogens (primary N) is 4. The normalized spacial score (nSPS) is 14.8. The summed E-state index contributed by atoms with van der Waals surface area (Å²) in [6, 6.07) is -4.84. The number of carbonyl (C=O) groups excluding carboxylic acids is 3. The van der Waals surface area contributed by atoms with Crippen LogP contribution in [0.3, 0.4) is 0 Å². The van der Waals surface area contributed by atoms with E-state index in [9.17, 15) is 29.1 Å². The summed E-state index contributed by atoms with van der Waals surface area (Å²) in [5.74, 6) is -5.36. The predicted octanol–water partition coefficient (Wildman–Crippen LogP) is -2.44. The molecule has 0 aliphatic carbocycles. The van der Waals surface area contributed by atoms with Crippen LogP contribution in [0.5, 0.6) is 0 Å². The zero-order valence-corrected chi connectivity index (χ0v) is 21.4. The van der Waals surface area contributed by atoms with Gasteiger partial charge in [0.15, 0.2) is 5.96 Å². The van der Waals surface area contributed by atoms with Gasteiger partial charge in [-0.25, -0.2) is 4.79 Å². The zero-order valence-electron chi connectivity index (χ0n) is 21.4. The van der Waals surface area contributed by atoms with Gasteiger partial charge in [-0.1, -0.05) is 20.3 Å². The van der Waals surface area contributed by atoms with Crippen molar-refractivity contribution in [2.45, 2.75) is 83.0 Å². The molecule has 13 N–H and O–H groups in total. The standard InChI is InChI=1S/C22H42N8O7/c1-3-12(2)17(24)20(35)29-14(8-6-10-27-22(25)26)18(33)28-13(7-4-5-9-23)19(34)30-15(21(36)37)11-16(31)32/h12-15,17H,3-11,23-24H2,1-2H3,(H,28,33)(H,29,35)(H,30,34)(H,31,32)(H,36,37)(H4,25,26,27). The largest absolute Gasteiger partial charge is 0.481 e. The van der Waals surface area contributed by atoms with Crippen LogP contribution in [-0.4, -0.2) is 83.1 Å². The molecule has 15 heteroatoms. The van der Waals surface area contributed by atoms with Gasteiger partial charge in [0.2, 0.25) is 17.7 Å². The molecule has 0 aromatic rings. The van der Waals surface area contributed by atoms with Crippen LogP contribution in [0, 0.1) is 5.92 Å². The van der Waals surface area contributed by atoms with Crippen molar-refractivity contribution in [3.8, 4) is 0 Å². The third-order valence-electron chi connectivity index (χ3n) is 5.71. The molecule has 0 heterocycles. The highest BCUT2D eigenvalue weighted by molar-refractivity contribution is 5.94. The smallest absolute Gasteiger partial charge is 0.326 e. The summed E-state index contributed by atoms with van der Waals surface area (Å²) in [5, 5.41) is 25.5. The van der Waals surface area contributed by atoms with Crippen LogP contribution in [0.4, 0.5) is 0 Å². The third kappa shape index (κ3) is 14.0. The maximum atomic E-state index is 13.1. The summed E-state index contributed by atoms with van der Waals surface area (Å²) in [5.41, 5.74) is 22.1. The Labute approximate surface area is 216 Å². The van der Waals surface area contributed by atoms with Crippen molar-refractivity contribution < 1.29 is 34.2 Å². The first-order valence-electron chi connectivity index (χ1n) is 12.2.